The monoisotopic (exact) mass is 471 g/mol. The summed E-state index contributed by atoms with van der Waals surface area (Å²) >= 11 is 6.30. The molecule has 0 saturated carbocycles. The molecule has 1 aliphatic rings. The lowest BCUT2D eigenvalue weighted by molar-refractivity contribution is 0.0698. The van der Waals surface area contributed by atoms with E-state index in [1.54, 1.807) is 24.3 Å². The van der Waals surface area contributed by atoms with Crippen molar-refractivity contribution in [1.29, 1.82) is 0 Å². The average Bonchev–Trinajstić information content (AvgIpc) is 2.80. The molecule has 1 heterocycles. The Morgan fingerprint density at radius 3 is 2.16 bits per heavy atom. The highest BCUT2D eigenvalue weighted by Crippen LogP contribution is 2.29. The molecule has 0 spiro atoms. The van der Waals surface area contributed by atoms with E-state index in [2.05, 4.69) is 14.5 Å². The second-order valence-electron chi connectivity index (χ2n) is 7.38. The summed E-state index contributed by atoms with van der Waals surface area (Å²) in [6.07, 6.45) is 0. The first-order valence-electron chi connectivity index (χ1n) is 10.0. The molecule has 9 heteroatoms. The molecule has 0 unspecified atom stereocenters. The number of hydrogen-bond donors (Lipinski definition) is 2. The summed E-state index contributed by atoms with van der Waals surface area (Å²) in [7, 11) is -3.90. The first-order valence-corrected chi connectivity index (χ1v) is 11.9. The number of carboxylic acids is 1. The number of nitrogens with zero attached hydrogens (tertiary/aromatic N) is 2. The molecule has 1 saturated heterocycles. The molecule has 1 aliphatic heterocycles. The van der Waals surface area contributed by atoms with Crippen LogP contribution in [0.4, 0.5) is 17.1 Å². The van der Waals surface area contributed by atoms with E-state index in [0.717, 1.165) is 24.5 Å². The van der Waals surface area contributed by atoms with Crippen LogP contribution in [0.5, 0.6) is 0 Å². The summed E-state index contributed by atoms with van der Waals surface area (Å²) in [6.45, 7) is 2.82. The van der Waals surface area contributed by atoms with Gasteiger partial charge in [0.1, 0.15) is 0 Å². The smallest absolute Gasteiger partial charge is 0.337 e. The molecular weight excluding hydrogens is 450 g/mol. The van der Waals surface area contributed by atoms with E-state index < -0.39 is 16.0 Å². The predicted octanol–water partition coefficient (Wildman–Crippen LogP) is 4.17. The summed E-state index contributed by atoms with van der Waals surface area (Å²) in [5, 5.41) is 10.4. The SMILES string of the molecule is O=C(O)c1cc(N2CCN(c3ccccc3Cl)CC2)ccc1NS(=O)(=O)c1ccccc1. The number of carboxylic acid groups (broad SMARTS) is 1. The first kappa shape index (κ1) is 22.0. The maximum atomic E-state index is 12.6. The lowest BCUT2D eigenvalue weighted by atomic mass is 10.1. The number of sulfonamides is 1. The largest absolute Gasteiger partial charge is 0.478 e. The van der Waals surface area contributed by atoms with Gasteiger partial charge in [0.15, 0.2) is 0 Å². The highest BCUT2D eigenvalue weighted by Gasteiger charge is 2.23. The molecule has 3 aromatic rings. The van der Waals surface area contributed by atoms with Crippen molar-refractivity contribution in [2.45, 2.75) is 4.90 Å². The van der Waals surface area contributed by atoms with Gasteiger partial charge in [-0.15, -0.1) is 0 Å². The van der Waals surface area contributed by atoms with Crippen LogP contribution in [0.3, 0.4) is 0 Å². The zero-order chi connectivity index (χ0) is 22.7. The van der Waals surface area contributed by atoms with Crippen LogP contribution in [-0.4, -0.2) is 45.7 Å². The molecule has 0 aromatic heterocycles. The first-order chi connectivity index (χ1) is 15.3. The number of halogens is 1. The lowest BCUT2D eigenvalue weighted by Crippen LogP contribution is -2.46. The highest BCUT2D eigenvalue weighted by molar-refractivity contribution is 7.92. The normalized spacial score (nSPS) is 14.3. The second-order valence-corrected chi connectivity index (χ2v) is 9.47. The maximum absolute atomic E-state index is 12.6. The number of carbonyl (C=O) groups is 1. The maximum Gasteiger partial charge on any atom is 0.337 e. The zero-order valence-corrected chi connectivity index (χ0v) is 18.7. The topological polar surface area (TPSA) is 89.9 Å². The number of aromatic carboxylic acids is 1. The fourth-order valence-electron chi connectivity index (χ4n) is 3.71. The van der Waals surface area contributed by atoms with Crippen molar-refractivity contribution in [2.24, 2.45) is 0 Å². The standard InChI is InChI=1S/C23H22ClN3O4S/c24-20-8-4-5-9-22(20)27-14-12-26(13-15-27)17-10-11-21(19(16-17)23(28)29)25-32(30,31)18-6-2-1-3-7-18/h1-11,16,25H,12-15H2,(H,28,29). The van der Waals surface area contributed by atoms with Crippen LogP contribution in [0, 0.1) is 0 Å². The number of para-hydroxylation sites is 1. The van der Waals surface area contributed by atoms with Gasteiger partial charge in [0.2, 0.25) is 0 Å². The Balaban J connectivity index is 1.53. The van der Waals surface area contributed by atoms with Gasteiger partial charge in [-0.1, -0.05) is 41.9 Å². The summed E-state index contributed by atoms with van der Waals surface area (Å²) in [6, 6.07) is 20.3. The summed E-state index contributed by atoms with van der Waals surface area (Å²) in [5.41, 5.74) is 1.63. The Labute approximate surface area is 191 Å². The third-order valence-corrected chi connectivity index (χ3v) is 7.07. The molecule has 2 N–H and O–H groups in total. The highest BCUT2D eigenvalue weighted by atomic mass is 35.5. The Hall–Kier alpha value is -3.23. The van der Waals surface area contributed by atoms with E-state index in [1.807, 2.05) is 24.3 Å². The van der Waals surface area contributed by atoms with Gasteiger partial charge in [-0.05, 0) is 42.5 Å². The van der Waals surface area contributed by atoms with E-state index in [4.69, 9.17) is 11.6 Å². The molecular formula is C23H22ClN3O4S. The summed E-state index contributed by atoms with van der Waals surface area (Å²) in [4.78, 5) is 16.2. The Morgan fingerprint density at radius 1 is 0.875 bits per heavy atom. The number of hydrogen-bond acceptors (Lipinski definition) is 5. The lowest BCUT2D eigenvalue weighted by Gasteiger charge is -2.37. The van der Waals surface area contributed by atoms with Crippen LogP contribution in [0.2, 0.25) is 5.02 Å². The van der Waals surface area contributed by atoms with Crippen molar-refractivity contribution >= 4 is 44.7 Å². The van der Waals surface area contributed by atoms with Gasteiger partial charge in [-0.3, -0.25) is 4.72 Å². The summed E-state index contributed by atoms with van der Waals surface area (Å²) in [5.74, 6) is -1.20. The Kier molecular flexibility index (Phi) is 6.25. The number of anilines is 3. The second kappa shape index (κ2) is 9.10. The van der Waals surface area contributed by atoms with E-state index in [-0.39, 0.29) is 16.1 Å². The van der Waals surface area contributed by atoms with Crippen molar-refractivity contribution < 1.29 is 18.3 Å². The van der Waals surface area contributed by atoms with Crippen LogP contribution < -0.4 is 14.5 Å². The van der Waals surface area contributed by atoms with Crippen molar-refractivity contribution in [1.82, 2.24) is 0 Å². The van der Waals surface area contributed by atoms with E-state index in [1.165, 1.54) is 24.3 Å². The van der Waals surface area contributed by atoms with Crippen LogP contribution in [0.25, 0.3) is 0 Å². The molecule has 0 aliphatic carbocycles. The molecule has 166 valence electrons. The van der Waals surface area contributed by atoms with Gasteiger partial charge in [0.25, 0.3) is 10.0 Å². The average molecular weight is 472 g/mol. The Bertz CT molecular complexity index is 1230. The number of benzene rings is 3. The quantitative estimate of drug-likeness (QED) is 0.561. The van der Waals surface area contributed by atoms with Gasteiger partial charge in [0.05, 0.1) is 26.9 Å². The fraction of sp³-hybridized carbons (Fsp3) is 0.174. The van der Waals surface area contributed by atoms with Gasteiger partial charge in [-0.25, -0.2) is 13.2 Å². The van der Waals surface area contributed by atoms with Crippen molar-refractivity contribution in [2.75, 3.05) is 40.7 Å². The molecule has 4 rings (SSSR count). The third kappa shape index (κ3) is 4.66. The molecule has 0 bridgehead atoms. The number of rotatable bonds is 6. The van der Waals surface area contributed by atoms with Crippen LogP contribution in [0.15, 0.2) is 77.7 Å². The third-order valence-electron chi connectivity index (χ3n) is 5.37. The minimum Gasteiger partial charge on any atom is -0.478 e. The summed E-state index contributed by atoms with van der Waals surface area (Å²) < 4.78 is 27.7. The molecule has 32 heavy (non-hydrogen) atoms. The van der Waals surface area contributed by atoms with Crippen molar-refractivity contribution in [3.05, 3.63) is 83.4 Å². The van der Waals surface area contributed by atoms with Gasteiger partial charge in [0, 0.05) is 31.9 Å². The van der Waals surface area contributed by atoms with E-state index in [9.17, 15) is 18.3 Å². The predicted molar refractivity (Wildman–Crippen MR) is 127 cm³/mol. The van der Waals surface area contributed by atoms with E-state index >= 15 is 0 Å². The Morgan fingerprint density at radius 2 is 1.50 bits per heavy atom. The fourth-order valence-corrected chi connectivity index (χ4v) is 5.07. The van der Waals surface area contributed by atoms with Crippen LogP contribution in [-0.2, 0) is 10.0 Å². The molecule has 1 fully saturated rings. The van der Waals surface area contributed by atoms with Gasteiger partial charge in [-0.2, -0.15) is 0 Å². The van der Waals surface area contributed by atoms with Crippen molar-refractivity contribution in [3.8, 4) is 0 Å². The number of nitrogens with one attached hydrogen (secondary N) is 1. The minimum absolute atomic E-state index is 0.0276. The number of piperazine rings is 1. The van der Waals surface area contributed by atoms with Crippen molar-refractivity contribution in [3.63, 3.8) is 0 Å². The van der Waals surface area contributed by atoms with Gasteiger partial charge >= 0.3 is 5.97 Å². The molecule has 0 radical (unpaired) electrons. The molecule has 3 aromatic carbocycles. The molecule has 0 atom stereocenters. The zero-order valence-electron chi connectivity index (χ0n) is 17.1. The van der Waals surface area contributed by atoms with Gasteiger partial charge < -0.3 is 14.9 Å². The molecule has 7 nitrogen and oxygen atoms in total. The van der Waals surface area contributed by atoms with Crippen LogP contribution in [0.1, 0.15) is 10.4 Å². The van der Waals surface area contributed by atoms with E-state index in [0.29, 0.717) is 18.1 Å². The molecule has 0 amide bonds. The minimum atomic E-state index is -3.90. The van der Waals surface area contributed by atoms with Crippen LogP contribution >= 0.6 is 11.6 Å².